The minimum absolute atomic E-state index is 0.0363. The van der Waals surface area contributed by atoms with E-state index in [1.807, 2.05) is 6.92 Å². The molecule has 19 heavy (non-hydrogen) atoms. The lowest BCUT2D eigenvalue weighted by atomic mass is 10.3. The third kappa shape index (κ3) is 4.03. The van der Waals surface area contributed by atoms with Gasteiger partial charge in [-0.1, -0.05) is 11.6 Å². The molecule has 1 saturated heterocycles. The molecule has 104 valence electrons. The molecule has 0 radical (unpaired) electrons. The first-order valence-electron chi connectivity index (χ1n) is 6.14. The van der Waals surface area contributed by atoms with Gasteiger partial charge in [0.2, 0.25) is 5.91 Å². The summed E-state index contributed by atoms with van der Waals surface area (Å²) >= 11 is 7.46. The van der Waals surface area contributed by atoms with E-state index in [2.05, 4.69) is 5.32 Å². The number of carbonyl (C=O) groups is 1. The molecule has 3 N–H and O–H groups in total. The van der Waals surface area contributed by atoms with Crippen molar-refractivity contribution in [2.45, 2.75) is 24.7 Å². The first-order valence-corrected chi connectivity index (χ1v) is 7.57. The van der Waals surface area contributed by atoms with Crippen LogP contribution in [0.4, 0.5) is 11.4 Å². The predicted molar refractivity (Wildman–Crippen MR) is 80.8 cm³/mol. The fraction of sp³-hybridized carbons (Fsp3) is 0.462. The summed E-state index contributed by atoms with van der Waals surface area (Å²) in [5.74, 6) is 0.381. The molecule has 1 aromatic carbocycles. The van der Waals surface area contributed by atoms with Crippen LogP contribution in [0.25, 0.3) is 0 Å². The highest BCUT2D eigenvalue weighted by Gasteiger charge is 2.25. The zero-order valence-corrected chi connectivity index (χ0v) is 12.3. The van der Waals surface area contributed by atoms with E-state index in [4.69, 9.17) is 22.1 Å². The number of benzene rings is 1. The number of rotatable bonds is 4. The third-order valence-corrected chi connectivity index (χ3v) is 4.84. The Kier molecular flexibility index (Phi) is 4.96. The predicted octanol–water partition coefficient (Wildman–Crippen LogP) is 2.77. The van der Waals surface area contributed by atoms with Crippen LogP contribution in [-0.4, -0.2) is 29.6 Å². The molecule has 2 unspecified atom stereocenters. The average Bonchev–Trinajstić information content (AvgIpc) is 2.77. The molecule has 4 nitrogen and oxygen atoms in total. The number of anilines is 2. The van der Waals surface area contributed by atoms with Crippen LogP contribution in [0.15, 0.2) is 18.2 Å². The maximum absolute atomic E-state index is 11.8. The van der Waals surface area contributed by atoms with E-state index >= 15 is 0 Å². The van der Waals surface area contributed by atoms with Crippen molar-refractivity contribution in [1.29, 1.82) is 0 Å². The van der Waals surface area contributed by atoms with Gasteiger partial charge in [0.15, 0.2) is 0 Å². The number of amides is 1. The average molecular weight is 301 g/mol. The van der Waals surface area contributed by atoms with Gasteiger partial charge in [-0.05, 0) is 31.5 Å². The molecule has 1 heterocycles. The lowest BCUT2D eigenvalue weighted by molar-refractivity contribution is -0.113. The molecule has 1 aliphatic rings. The Balaban J connectivity index is 1.82. The fourth-order valence-corrected chi connectivity index (χ4v) is 3.10. The van der Waals surface area contributed by atoms with Crippen LogP contribution in [0, 0.1) is 0 Å². The molecule has 1 aliphatic heterocycles. The Morgan fingerprint density at radius 2 is 2.42 bits per heavy atom. The van der Waals surface area contributed by atoms with Gasteiger partial charge in [0.25, 0.3) is 0 Å². The molecule has 0 aromatic heterocycles. The highest BCUT2D eigenvalue weighted by molar-refractivity contribution is 8.00. The Morgan fingerprint density at radius 1 is 1.63 bits per heavy atom. The first kappa shape index (κ1) is 14.5. The molecule has 1 fully saturated rings. The number of hydrogen-bond donors (Lipinski definition) is 2. The topological polar surface area (TPSA) is 64.3 Å². The van der Waals surface area contributed by atoms with Crippen LogP contribution in [0.3, 0.4) is 0 Å². The van der Waals surface area contributed by atoms with E-state index in [0.717, 1.165) is 13.0 Å². The van der Waals surface area contributed by atoms with E-state index in [0.29, 0.717) is 27.4 Å². The molecule has 1 aromatic rings. The number of halogens is 1. The van der Waals surface area contributed by atoms with Gasteiger partial charge in [-0.15, -0.1) is 11.8 Å². The molecule has 0 bridgehead atoms. The SMILES string of the molecule is CC1OCCC1SCC(=O)Nc1ccc(Cl)c(N)c1. The number of nitrogens with two attached hydrogens (primary N) is 1. The maximum atomic E-state index is 11.8. The lowest BCUT2D eigenvalue weighted by Gasteiger charge is -2.13. The van der Waals surface area contributed by atoms with Crippen LogP contribution >= 0.6 is 23.4 Å². The lowest BCUT2D eigenvalue weighted by Crippen LogP contribution is -2.20. The summed E-state index contributed by atoms with van der Waals surface area (Å²) in [6.07, 6.45) is 1.23. The fourth-order valence-electron chi connectivity index (χ4n) is 1.93. The second kappa shape index (κ2) is 6.50. The summed E-state index contributed by atoms with van der Waals surface area (Å²) < 4.78 is 5.46. The zero-order chi connectivity index (χ0) is 13.8. The van der Waals surface area contributed by atoms with Gasteiger partial charge in [0.1, 0.15) is 0 Å². The van der Waals surface area contributed by atoms with Crippen molar-refractivity contribution in [2.24, 2.45) is 0 Å². The minimum Gasteiger partial charge on any atom is -0.397 e. The second-order valence-corrected chi connectivity index (χ2v) is 6.13. The summed E-state index contributed by atoms with van der Waals surface area (Å²) in [4.78, 5) is 11.8. The molecular weight excluding hydrogens is 284 g/mol. The van der Waals surface area contributed by atoms with Crippen molar-refractivity contribution < 1.29 is 9.53 Å². The van der Waals surface area contributed by atoms with Crippen LogP contribution < -0.4 is 11.1 Å². The number of nitrogen functional groups attached to an aromatic ring is 1. The van der Waals surface area contributed by atoms with Crippen LogP contribution in [0.1, 0.15) is 13.3 Å². The minimum atomic E-state index is -0.0363. The van der Waals surface area contributed by atoms with Gasteiger partial charge >= 0.3 is 0 Å². The van der Waals surface area contributed by atoms with E-state index in [-0.39, 0.29) is 12.0 Å². The van der Waals surface area contributed by atoms with E-state index < -0.39 is 0 Å². The zero-order valence-electron chi connectivity index (χ0n) is 10.7. The van der Waals surface area contributed by atoms with Crippen molar-refractivity contribution in [1.82, 2.24) is 0 Å². The molecule has 6 heteroatoms. The molecule has 2 atom stereocenters. The van der Waals surface area contributed by atoms with E-state index in [9.17, 15) is 4.79 Å². The van der Waals surface area contributed by atoms with Gasteiger partial charge in [-0.2, -0.15) is 0 Å². The van der Waals surface area contributed by atoms with Crippen molar-refractivity contribution in [3.8, 4) is 0 Å². The Hall–Kier alpha value is -0.910. The number of nitrogens with one attached hydrogen (secondary N) is 1. The number of hydrogen-bond acceptors (Lipinski definition) is 4. The number of carbonyl (C=O) groups excluding carboxylic acids is 1. The summed E-state index contributed by atoms with van der Waals surface area (Å²) in [7, 11) is 0. The summed E-state index contributed by atoms with van der Waals surface area (Å²) in [6, 6.07) is 5.07. The maximum Gasteiger partial charge on any atom is 0.234 e. The quantitative estimate of drug-likeness (QED) is 0.839. The largest absolute Gasteiger partial charge is 0.397 e. The van der Waals surface area contributed by atoms with Crippen LogP contribution in [0.5, 0.6) is 0 Å². The van der Waals surface area contributed by atoms with E-state index in [1.165, 1.54) is 0 Å². The van der Waals surface area contributed by atoms with Gasteiger partial charge in [0, 0.05) is 17.5 Å². The van der Waals surface area contributed by atoms with Gasteiger partial charge in [0.05, 0.1) is 22.6 Å². The Bertz CT molecular complexity index is 470. The molecular formula is C13H17ClN2O2S. The Labute approximate surface area is 122 Å². The van der Waals surface area contributed by atoms with Crippen molar-refractivity contribution >= 4 is 40.6 Å². The highest BCUT2D eigenvalue weighted by Crippen LogP contribution is 2.26. The highest BCUT2D eigenvalue weighted by atomic mass is 35.5. The smallest absolute Gasteiger partial charge is 0.234 e. The molecule has 2 rings (SSSR count). The molecule has 1 amide bonds. The standard InChI is InChI=1S/C13H17ClN2O2S/c1-8-12(4-5-18-8)19-7-13(17)16-9-2-3-10(14)11(15)6-9/h2-3,6,8,12H,4-5,7,15H2,1H3,(H,16,17). The van der Waals surface area contributed by atoms with Gasteiger partial charge in [-0.3, -0.25) is 4.79 Å². The van der Waals surface area contributed by atoms with Gasteiger partial charge in [-0.25, -0.2) is 0 Å². The van der Waals surface area contributed by atoms with Crippen molar-refractivity contribution in [3.05, 3.63) is 23.2 Å². The summed E-state index contributed by atoms with van der Waals surface area (Å²) in [5.41, 5.74) is 6.82. The van der Waals surface area contributed by atoms with Crippen molar-refractivity contribution in [2.75, 3.05) is 23.4 Å². The van der Waals surface area contributed by atoms with E-state index in [1.54, 1.807) is 30.0 Å². The molecule has 0 aliphatic carbocycles. The van der Waals surface area contributed by atoms with Crippen LogP contribution in [-0.2, 0) is 9.53 Å². The van der Waals surface area contributed by atoms with Gasteiger partial charge < -0.3 is 15.8 Å². The molecule has 0 spiro atoms. The third-order valence-electron chi connectivity index (χ3n) is 3.01. The molecule has 0 saturated carbocycles. The normalized spacial score (nSPS) is 22.4. The second-order valence-electron chi connectivity index (χ2n) is 4.50. The van der Waals surface area contributed by atoms with Crippen molar-refractivity contribution in [3.63, 3.8) is 0 Å². The Morgan fingerprint density at radius 3 is 3.05 bits per heavy atom. The summed E-state index contributed by atoms with van der Waals surface area (Å²) in [6.45, 7) is 2.83. The first-order chi connectivity index (χ1) is 9.06. The van der Waals surface area contributed by atoms with Crippen LogP contribution in [0.2, 0.25) is 5.02 Å². The number of ether oxygens (including phenoxy) is 1. The number of thioether (sulfide) groups is 1. The summed E-state index contributed by atoms with van der Waals surface area (Å²) in [5, 5.41) is 3.70. The monoisotopic (exact) mass is 300 g/mol.